The minimum atomic E-state index is -3.28. The van der Waals surface area contributed by atoms with Crippen molar-refractivity contribution in [1.29, 1.82) is 0 Å². The second-order valence-corrected chi connectivity index (χ2v) is 8.22. The first-order valence-corrected chi connectivity index (χ1v) is 8.96. The van der Waals surface area contributed by atoms with Crippen LogP contribution in [0.1, 0.15) is 10.4 Å². The van der Waals surface area contributed by atoms with E-state index in [0.29, 0.717) is 6.54 Å². The molecule has 0 aliphatic rings. The van der Waals surface area contributed by atoms with Crippen molar-refractivity contribution in [3.8, 4) is 0 Å². The van der Waals surface area contributed by atoms with Crippen LogP contribution in [0.4, 0.5) is 0 Å². The van der Waals surface area contributed by atoms with Gasteiger partial charge in [0.25, 0.3) is 0 Å². The van der Waals surface area contributed by atoms with Crippen LogP contribution in [0.5, 0.6) is 0 Å². The molecule has 0 radical (unpaired) electrons. The summed E-state index contributed by atoms with van der Waals surface area (Å²) in [6.07, 6.45) is 0. The van der Waals surface area contributed by atoms with E-state index in [1.165, 1.54) is 4.31 Å². The average molecular weight is 360 g/mol. The minimum absolute atomic E-state index is 0.0386. The molecule has 6 heteroatoms. The lowest BCUT2D eigenvalue weighted by molar-refractivity contribution is 0.469. The van der Waals surface area contributed by atoms with Gasteiger partial charge in [0.1, 0.15) is 0 Å². The maximum absolute atomic E-state index is 12.2. The second-order valence-electron chi connectivity index (χ2n) is 4.23. The maximum Gasteiger partial charge on any atom is 0.218 e. The fourth-order valence-corrected chi connectivity index (χ4v) is 4.40. The molecule has 1 heterocycles. The highest BCUT2D eigenvalue weighted by Gasteiger charge is 2.19. The summed E-state index contributed by atoms with van der Waals surface area (Å²) in [6.45, 7) is 0.408. The van der Waals surface area contributed by atoms with E-state index in [1.807, 2.05) is 41.8 Å². The summed E-state index contributed by atoms with van der Waals surface area (Å²) in [5.74, 6) is 0.0386. The molecule has 102 valence electrons. The van der Waals surface area contributed by atoms with Crippen molar-refractivity contribution in [2.45, 2.75) is 12.3 Å². The lowest BCUT2D eigenvalue weighted by Gasteiger charge is -2.16. The first kappa shape index (κ1) is 14.7. The number of benzene rings is 1. The van der Waals surface area contributed by atoms with E-state index in [2.05, 4.69) is 15.9 Å². The van der Waals surface area contributed by atoms with Crippen LogP contribution in [0.15, 0.2) is 46.3 Å². The van der Waals surface area contributed by atoms with Gasteiger partial charge >= 0.3 is 0 Å². The van der Waals surface area contributed by atoms with E-state index in [1.54, 1.807) is 18.4 Å². The van der Waals surface area contributed by atoms with Crippen molar-refractivity contribution < 1.29 is 8.42 Å². The molecule has 0 N–H and O–H groups in total. The molecule has 0 saturated carbocycles. The summed E-state index contributed by atoms with van der Waals surface area (Å²) >= 11 is 4.92. The van der Waals surface area contributed by atoms with Gasteiger partial charge in [0.2, 0.25) is 10.0 Å². The van der Waals surface area contributed by atoms with E-state index < -0.39 is 10.0 Å². The number of sulfonamides is 1. The summed E-state index contributed by atoms with van der Waals surface area (Å²) in [5, 5.41) is 1.95. The number of hydrogen-bond donors (Lipinski definition) is 0. The van der Waals surface area contributed by atoms with Crippen molar-refractivity contribution in [2.24, 2.45) is 0 Å². The van der Waals surface area contributed by atoms with Crippen LogP contribution in [0.2, 0.25) is 0 Å². The molecule has 0 bridgehead atoms. The first-order valence-electron chi connectivity index (χ1n) is 5.68. The lowest BCUT2D eigenvalue weighted by atomic mass is 10.2. The van der Waals surface area contributed by atoms with Gasteiger partial charge in [-0.1, -0.05) is 30.3 Å². The van der Waals surface area contributed by atoms with Crippen LogP contribution in [0.25, 0.3) is 0 Å². The van der Waals surface area contributed by atoms with Crippen LogP contribution in [0, 0.1) is 0 Å². The van der Waals surface area contributed by atoms with Crippen molar-refractivity contribution in [3.63, 3.8) is 0 Å². The standard InChI is InChI=1S/C13H14BrNO2S2/c1-15(8-13-7-12(14)9-18-13)19(16,17)10-11-5-3-2-4-6-11/h2-7,9H,8,10H2,1H3. The quantitative estimate of drug-likeness (QED) is 0.819. The molecule has 0 spiro atoms. The molecule has 0 aliphatic carbocycles. The fraction of sp³-hybridized carbons (Fsp3) is 0.231. The predicted molar refractivity (Wildman–Crippen MR) is 82.6 cm³/mol. The summed E-state index contributed by atoms with van der Waals surface area (Å²) in [4.78, 5) is 1.02. The molecule has 19 heavy (non-hydrogen) atoms. The molecule has 1 aromatic heterocycles. The number of hydrogen-bond acceptors (Lipinski definition) is 3. The van der Waals surface area contributed by atoms with Gasteiger partial charge in [-0.25, -0.2) is 8.42 Å². The van der Waals surface area contributed by atoms with Gasteiger partial charge < -0.3 is 0 Å². The molecule has 3 nitrogen and oxygen atoms in total. The summed E-state index contributed by atoms with van der Waals surface area (Å²) < 4.78 is 26.8. The highest BCUT2D eigenvalue weighted by molar-refractivity contribution is 9.10. The molecular formula is C13H14BrNO2S2. The highest BCUT2D eigenvalue weighted by Crippen LogP contribution is 2.22. The number of nitrogens with zero attached hydrogens (tertiary/aromatic N) is 1. The molecule has 0 saturated heterocycles. The fourth-order valence-electron chi connectivity index (χ4n) is 1.65. The molecule has 0 fully saturated rings. The first-order chi connectivity index (χ1) is 8.97. The SMILES string of the molecule is CN(Cc1cc(Br)cs1)S(=O)(=O)Cc1ccccc1. The average Bonchev–Trinajstić information content (AvgIpc) is 2.75. The van der Waals surface area contributed by atoms with Gasteiger partial charge in [-0.3, -0.25) is 0 Å². The Bertz CT molecular complexity index is 638. The van der Waals surface area contributed by atoms with E-state index in [4.69, 9.17) is 0 Å². The molecule has 2 aromatic rings. The Morgan fingerprint density at radius 1 is 1.26 bits per heavy atom. The third kappa shape index (κ3) is 4.14. The van der Waals surface area contributed by atoms with E-state index in [9.17, 15) is 8.42 Å². The smallest absolute Gasteiger partial charge is 0.212 e. The minimum Gasteiger partial charge on any atom is -0.212 e. The largest absolute Gasteiger partial charge is 0.218 e. The normalized spacial score (nSPS) is 11.9. The Morgan fingerprint density at radius 2 is 1.95 bits per heavy atom. The zero-order valence-corrected chi connectivity index (χ0v) is 13.6. The second kappa shape index (κ2) is 6.17. The van der Waals surface area contributed by atoms with Crippen LogP contribution >= 0.6 is 27.3 Å². The van der Waals surface area contributed by atoms with E-state index in [0.717, 1.165) is 14.9 Å². The number of halogens is 1. The van der Waals surface area contributed by atoms with Crippen molar-refractivity contribution >= 4 is 37.3 Å². The van der Waals surface area contributed by atoms with E-state index in [-0.39, 0.29) is 5.75 Å². The van der Waals surface area contributed by atoms with Gasteiger partial charge in [0.05, 0.1) is 5.75 Å². The monoisotopic (exact) mass is 359 g/mol. The van der Waals surface area contributed by atoms with Gasteiger partial charge in [0.15, 0.2) is 0 Å². The molecule has 0 aliphatic heterocycles. The van der Waals surface area contributed by atoms with Crippen LogP contribution < -0.4 is 0 Å². The summed E-state index contributed by atoms with van der Waals surface area (Å²) in [6, 6.07) is 11.2. The van der Waals surface area contributed by atoms with Gasteiger partial charge in [0, 0.05) is 28.3 Å². The van der Waals surface area contributed by atoms with E-state index >= 15 is 0 Å². The molecular weight excluding hydrogens is 346 g/mol. The van der Waals surface area contributed by atoms with Gasteiger partial charge in [-0.05, 0) is 27.6 Å². The summed E-state index contributed by atoms with van der Waals surface area (Å²) in [5.41, 5.74) is 0.807. The van der Waals surface area contributed by atoms with Crippen molar-refractivity contribution in [1.82, 2.24) is 4.31 Å². The highest BCUT2D eigenvalue weighted by atomic mass is 79.9. The number of thiophene rings is 1. The zero-order valence-electron chi connectivity index (χ0n) is 10.4. The third-order valence-electron chi connectivity index (χ3n) is 2.67. The van der Waals surface area contributed by atoms with Crippen LogP contribution in [0.3, 0.4) is 0 Å². The van der Waals surface area contributed by atoms with Crippen molar-refractivity contribution in [2.75, 3.05) is 7.05 Å². The van der Waals surface area contributed by atoms with Crippen molar-refractivity contribution in [3.05, 3.63) is 56.7 Å². The molecule has 2 rings (SSSR count). The Labute approximate surface area is 126 Å². The third-order valence-corrected chi connectivity index (χ3v) is 6.13. The van der Waals surface area contributed by atoms with Gasteiger partial charge in [-0.2, -0.15) is 4.31 Å². The lowest BCUT2D eigenvalue weighted by Crippen LogP contribution is -2.27. The predicted octanol–water partition coefficient (Wildman–Crippen LogP) is 3.47. The molecule has 0 amide bonds. The summed E-state index contributed by atoms with van der Waals surface area (Å²) in [7, 11) is -1.66. The topological polar surface area (TPSA) is 37.4 Å². The van der Waals surface area contributed by atoms with Gasteiger partial charge in [-0.15, -0.1) is 11.3 Å². The zero-order chi connectivity index (χ0) is 13.9. The Hall–Kier alpha value is -0.690. The van der Waals surface area contributed by atoms with Crippen LogP contribution in [-0.4, -0.2) is 19.8 Å². The molecule has 0 atom stereocenters. The molecule has 0 unspecified atom stereocenters. The Balaban J connectivity index is 2.07. The maximum atomic E-state index is 12.2. The molecule has 1 aromatic carbocycles. The Morgan fingerprint density at radius 3 is 2.53 bits per heavy atom. The Kier molecular flexibility index (Phi) is 4.78. The van der Waals surface area contributed by atoms with Crippen LogP contribution in [-0.2, 0) is 22.3 Å². The number of rotatable bonds is 5.